The van der Waals surface area contributed by atoms with Crippen molar-refractivity contribution in [2.45, 2.75) is 11.8 Å². The number of nitrogens with two attached hydrogens (primary N) is 1. The average molecular weight is 457 g/mol. The molecule has 0 fully saturated rings. The van der Waals surface area contributed by atoms with Gasteiger partial charge in [-0.05, 0) is 23.8 Å². The fourth-order valence-corrected chi connectivity index (χ4v) is 3.98. The Morgan fingerprint density at radius 2 is 1.94 bits per heavy atom. The number of carbonyl (C=O) groups excluding carboxylic acids is 1. The fraction of sp³-hybridized carbons (Fsp3) is 0.143. The van der Waals surface area contributed by atoms with Crippen molar-refractivity contribution in [3.63, 3.8) is 0 Å². The van der Waals surface area contributed by atoms with Gasteiger partial charge < -0.3 is 10.2 Å². The van der Waals surface area contributed by atoms with E-state index in [2.05, 4.69) is 4.98 Å². The van der Waals surface area contributed by atoms with Crippen LogP contribution in [0.3, 0.4) is 0 Å². The quantitative estimate of drug-likeness (QED) is 0.350. The number of fused-ring (bicyclic) bond motifs is 1. The molecular weight excluding hydrogens is 440 g/mol. The normalized spacial score (nSPS) is 11.2. The van der Waals surface area contributed by atoms with Crippen molar-refractivity contribution in [3.8, 4) is 0 Å². The summed E-state index contributed by atoms with van der Waals surface area (Å²) in [6.45, 7) is 0.138. The summed E-state index contributed by atoms with van der Waals surface area (Å²) in [6, 6.07) is 14.2. The molecule has 31 heavy (non-hydrogen) atoms. The maximum absolute atomic E-state index is 12.9. The lowest BCUT2D eigenvalue weighted by atomic mass is 10.2. The molecule has 0 aliphatic rings. The van der Waals surface area contributed by atoms with Gasteiger partial charge in [-0.3, -0.25) is 18.7 Å². The number of nitrogen functional groups attached to an aromatic ring is 1. The Hall–Kier alpha value is -3.30. The topological polar surface area (TPSA) is 113 Å². The van der Waals surface area contributed by atoms with Gasteiger partial charge in [0.15, 0.2) is 11.4 Å². The molecule has 0 spiro atoms. The molecule has 2 aromatic carbocycles. The summed E-state index contributed by atoms with van der Waals surface area (Å²) in [4.78, 5) is 42.4. The summed E-state index contributed by atoms with van der Waals surface area (Å²) in [5.74, 6) is -0.819. The van der Waals surface area contributed by atoms with Gasteiger partial charge in [0.2, 0.25) is 0 Å². The van der Waals surface area contributed by atoms with E-state index in [1.807, 2.05) is 30.3 Å². The third kappa shape index (κ3) is 4.14. The standard InChI is InChI=1S/C21H17ClN4O4S/c1-25-19(28)17(18(23)26(21(25)29)10-12-5-3-2-4-6-12)15(27)11-31-20-24-14-9-13(22)7-8-16(14)30-20/h2-9H,10-11,23H2,1H3. The molecular formula is C21H17ClN4O4S. The van der Waals surface area contributed by atoms with Gasteiger partial charge in [-0.1, -0.05) is 53.7 Å². The van der Waals surface area contributed by atoms with E-state index in [9.17, 15) is 14.4 Å². The number of oxazole rings is 1. The van der Waals surface area contributed by atoms with Crippen LogP contribution in [0.1, 0.15) is 15.9 Å². The first-order chi connectivity index (χ1) is 14.8. The highest BCUT2D eigenvalue weighted by Crippen LogP contribution is 2.26. The fourth-order valence-electron chi connectivity index (χ4n) is 3.10. The van der Waals surface area contributed by atoms with E-state index in [-0.39, 0.29) is 28.9 Å². The van der Waals surface area contributed by atoms with Gasteiger partial charge in [0, 0.05) is 12.1 Å². The van der Waals surface area contributed by atoms with Gasteiger partial charge in [-0.2, -0.15) is 0 Å². The van der Waals surface area contributed by atoms with Crippen molar-refractivity contribution in [2.24, 2.45) is 7.05 Å². The second-order valence-electron chi connectivity index (χ2n) is 6.78. The maximum atomic E-state index is 12.9. The molecule has 10 heteroatoms. The van der Waals surface area contributed by atoms with Crippen molar-refractivity contribution in [1.82, 2.24) is 14.1 Å². The van der Waals surface area contributed by atoms with Crippen molar-refractivity contribution in [3.05, 3.63) is 85.5 Å². The molecule has 4 rings (SSSR count). The van der Waals surface area contributed by atoms with Crippen LogP contribution in [0.4, 0.5) is 5.82 Å². The van der Waals surface area contributed by atoms with Crippen molar-refractivity contribution < 1.29 is 9.21 Å². The number of carbonyl (C=O) groups is 1. The van der Waals surface area contributed by atoms with E-state index in [1.54, 1.807) is 18.2 Å². The second-order valence-corrected chi connectivity index (χ2v) is 8.15. The van der Waals surface area contributed by atoms with Crippen LogP contribution in [0.15, 0.2) is 67.8 Å². The van der Waals surface area contributed by atoms with Crippen LogP contribution in [-0.2, 0) is 13.6 Å². The Bertz CT molecular complexity index is 1410. The lowest BCUT2D eigenvalue weighted by Gasteiger charge is -2.14. The van der Waals surface area contributed by atoms with Crippen LogP contribution in [0, 0.1) is 0 Å². The van der Waals surface area contributed by atoms with Crippen LogP contribution in [0.25, 0.3) is 11.1 Å². The molecule has 158 valence electrons. The van der Waals surface area contributed by atoms with Gasteiger partial charge in [0.1, 0.15) is 16.9 Å². The third-order valence-corrected chi connectivity index (χ3v) is 5.77. The molecule has 0 saturated carbocycles. The molecule has 0 saturated heterocycles. The number of Topliss-reactive ketones (excluding diaryl/α,β-unsaturated/α-hetero) is 1. The SMILES string of the molecule is Cn1c(=O)c(C(=O)CSc2nc3cc(Cl)ccc3o2)c(N)n(Cc2ccccc2)c1=O. The van der Waals surface area contributed by atoms with E-state index in [0.717, 1.165) is 21.9 Å². The monoisotopic (exact) mass is 456 g/mol. The van der Waals surface area contributed by atoms with Crippen LogP contribution in [0.5, 0.6) is 0 Å². The Labute approximate surface area is 185 Å². The smallest absolute Gasteiger partial charge is 0.332 e. The molecule has 2 aromatic heterocycles. The van der Waals surface area contributed by atoms with Gasteiger partial charge in [0.25, 0.3) is 10.8 Å². The van der Waals surface area contributed by atoms with Crippen LogP contribution >= 0.6 is 23.4 Å². The number of hydrogen-bond donors (Lipinski definition) is 1. The number of halogens is 1. The van der Waals surface area contributed by atoms with E-state index in [1.165, 1.54) is 11.6 Å². The first kappa shape index (κ1) is 21.0. The molecule has 0 amide bonds. The number of ketones is 1. The number of benzene rings is 2. The number of thioether (sulfide) groups is 1. The summed E-state index contributed by atoms with van der Waals surface area (Å²) < 4.78 is 7.69. The van der Waals surface area contributed by atoms with Crippen molar-refractivity contribution in [1.29, 1.82) is 0 Å². The Kier molecular flexibility index (Phi) is 5.71. The highest BCUT2D eigenvalue weighted by Gasteiger charge is 2.22. The van der Waals surface area contributed by atoms with Crippen LogP contribution in [-0.4, -0.2) is 25.7 Å². The molecule has 2 heterocycles. The molecule has 0 bridgehead atoms. The molecule has 0 atom stereocenters. The largest absolute Gasteiger partial charge is 0.431 e. The van der Waals surface area contributed by atoms with Crippen LogP contribution < -0.4 is 17.0 Å². The van der Waals surface area contributed by atoms with E-state index in [4.69, 9.17) is 21.8 Å². The first-order valence-electron chi connectivity index (χ1n) is 9.20. The highest BCUT2D eigenvalue weighted by atomic mass is 35.5. The lowest BCUT2D eigenvalue weighted by Crippen LogP contribution is -2.43. The first-order valence-corrected chi connectivity index (χ1v) is 10.6. The minimum Gasteiger partial charge on any atom is -0.431 e. The predicted molar refractivity (Wildman–Crippen MR) is 120 cm³/mol. The molecule has 4 aromatic rings. The summed E-state index contributed by atoms with van der Waals surface area (Å²) in [5, 5.41) is 0.781. The zero-order valence-electron chi connectivity index (χ0n) is 16.4. The highest BCUT2D eigenvalue weighted by molar-refractivity contribution is 7.99. The zero-order valence-corrected chi connectivity index (χ0v) is 17.9. The maximum Gasteiger partial charge on any atom is 0.332 e. The molecule has 2 N–H and O–H groups in total. The summed E-state index contributed by atoms with van der Waals surface area (Å²) in [5.41, 5.74) is 6.47. The number of nitrogens with zero attached hydrogens (tertiary/aromatic N) is 3. The number of anilines is 1. The minimum atomic E-state index is -0.734. The van der Waals surface area contributed by atoms with E-state index >= 15 is 0 Å². The van der Waals surface area contributed by atoms with Crippen molar-refractivity contribution in [2.75, 3.05) is 11.5 Å². The molecule has 0 unspecified atom stereocenters. The Morgan fingerprint density at radius 3 is 2.68 bits per heavy atom. The summed E-state index contributed by atoms with van der Waals surface area (Å²) >= 11 is 6.98. The summed E-state index contributed by atoms with van der Waals surface area (Å²) in [7, 11) is 1.32. The molecule has 0 aliphatic heterocycles. The number of aromatic nitrogens is 3. The zero-order chi connectivity index (χ0) is 22.1. The van der Waals surface area contributed by atoms with E-state index in [0.29, 0.717) is 16.1 Å². The average Bonchev–Trinajstić information content (AvgIpc) is 3.16. The van der Waals surface area contributed by atoms with Crippen molar-refractivity contribution >= 4 is 46.1 Å². The Balaban J connectivity index is 1.63. The molecule has 0 radical (unpaired) electrons. The number of hydrogen-bond acceptors (Lipinski definition) is 7. The van der Waals surface area contributed by atoms with Gasteiger partial charge >= 0.3 is 5.69 Å². The lowest BCUT2D eigenvalue weighted by molar-refractivity contribution is 0.102. The van der Waals surface area contributed by atoms with E-state index < -0.39 is 17.0 Å². The third-order valence-electron chi connectivity index (χ3n) is 4.70. The second kappa shape index (κ2) is 8.44. The Morgan fingerprint density at radius 1 is 1.19 bits per heavy atom. The van der Waals surface area contributed by atoms with Crippen LogP contribution in [0.2, 0.25) is 5.02 Å². The molecule has 0 aliphatic carbocycles. The minimum absolute atomic E-state index is 0.135. The molecule has 8 nitrogen and oxygen atoms in total. The van der Waals surface area contributed by atoms with Gasteiger partial charge in [0.05, 0.1) is 12.3 Å². The van der Waals surface area contributed by atoms with Gasteiger partial charge in [-0.25, -0.2) is 9.78 Å². The summed E-state index contributed by atoms with van der Waals surface area (Å²) in [6.07, 6.45) is 0. The predicted octanol–water partition coefficient (Wildman–Crippen LogP) is 2.95. The van der Waals surface area contributed by atoms with Gasteiger partial charge in [-0.15, -0.1) is 0 Å². The number of rotatable bonds is 6.